The van der Waals surface area contributed by atoms with E-state index in [0.717, 1.165) is 6.07 Å². The third-order valence-corrected chi connectivity index (χ3v) is 2.62. The van der Waals surface area contributed by atoms with Crippen molar-refractivity contribution in [3.8, 4) is 5.75 Å². The van der Waals surface area contributed by atoms with Crippen LogP contribution in [0, 0.1) is 0 Å². The molecule has 0 saturated heterocycles. The van der Waals surface area contributed by atoms with E-state index < -0.39 is 18.1 Å². The summed E-state index contributed by atoms with van der Waals surface area (Å²) in [6, 6.07) is 0.923. The van der Waals surface area contributed by atoms with Crippen molar-refractivity contribution in [1.82, 2.24) is 4.98 Å². The highest BCUT2D eigenvalue weighted by atomic mass is 79.9. The van der Waals surface area contributed by atoms with Gasteiger partial charge in [0.15, 0.2) is 0 Å². The van der Waals surface area contributed by atoms with E-state index in [9.17, 15) is 18.7 Å². The molecule has 0 spiro atoms. The largest absolute Gasteiger partial charge is 0.506 e. The summed E-state index contributed by atoms with van der Waals surface area (Å²) in [5.41, 5.74) is -0.236. The Morgan fingerprint density at radius 3 is 2.71 bits per heavy atom. The van der Waals surface area contributed by atoms with Crippen molar-refractivity contribution < 1.29 is 23.4 Å². The van der Waals surface area contributed by atoms with Crippen LogP contribution in [-0.4, -0.2) is 23.2 Å². The number of nitrogens with zero attached hydrogens (tertiary/aromatic N) is 1. The van der Waals surface area contributed by atoms with Crippen molar-refractivity contribution in [2.45, 2.75) is 18.2 Å². The average molecular weight is 310 g/mol. The normalized spacial score (nSPS) is 10.6. The summed E-state index contributed by atoms with van der Waals surface area (Å²) < 4.78 is 29.6. The lowest BCUT2D eigenvalue weighted by Crippen LogP contribution is -2.08. The molecule has 0 saturated carbocycles. The Balaban J connectivity index is 3.13. The van der Waals surface area contributed by atoms with Crippen LogP contribution in [0.3, 0.4) is 0 Å². The lowest BCUT2D eigenvalue weighted by molar-refractivity contribution is -0.139. The minimum Gasteiger partial charge on any atom is -0.506 e. The van der Waals surface area contributed by atoms with Gasteiger partial charge in [0.25, 0.3) is 6.43 Å². The number of hydrogen-bond acceptors (Lipinski definition) is 4. The van der Waals surface area contributed by atoms with Crippen LogP contribution in [0.1, 0.15) is 23.4 Å². The Labute approximate surface area is 105 Å². The summed E-state index contributed by atoms with van der Waals surface area (Å²) >= 11 is 3.03. The van der Waals surface area contributed by atoms with E-state index in [2.05, 4.69) is 25.7 Å². The van der Waals surface area contributed by atoms with E-state index in [1.165, 1.54) is 7.11 Å². The molecule has 1 rings (SSSR count). The summed E-state index contributed by atoms with van der Waals surface area (Å²) in [5, 5.41) is 9.60. The standard InChI is InChI=1S/C10H10BrF2NO3/c1-17-9(16)3-6-8(15)2-5(10(12)13)7(4-11)14-6/h2,10,15H,3-4H2,1H3. The zero-order valence-corrected chi connectivity index (χ0v) is 10.5. The number of rotatable bonds is 4. The second-order valence-electron chi connectivity index (χ2n) is 3.18. The molecule has 0 aliphatic carbocycles. The SMILES string of the molecule is COC(=O)Cc1nc(CBr)c(C(F)F)cc1O. The third kappa shape index (κ3) is 3.36. The topological polar surface area (TPSA) is 59.4 Å². The maximum absolute atomic E-state index is 12.6. The molecule has 7 heteroatoms. The number of esters is 1. The number of pyridine rings is 1. The predicted octanol–water partition coefficient (Wildman–Crippen LogP) is 2.34. The van der Waals surface area contributed by atoms with Crippen molar-refractivity contribution in [2.24, 2.45) is 0 Å². The maximum Gasteiger partial charge on any atom is 0.311 e. The molecule has 0 unspecified atom stereocenters. The van der Waals surface area contributed by atoms with Gasteiger partial charge in [0.1, 0.15) is 5.75 Å². The number of ether oxygens (including phenoxy) is 1. The fourth-order valence-electron chi connectivity index (χ4n) is 1.23. The second-order valence-corrected chi connectivity index (χ2v) is 3.74. The molecule has 94 valence electrons. The molecule has 0 amide bonds. The van der Waals surface area contributed by atoms with Crippen molar-refractivity contribution in [3.63, 3.8) is 0 Å². The van der Waals surface area contributed by atoms with Crippen LogP contribution >= 0.6 is 15.9 Å². The van der Waals surface area contributed by atoms with Crippen LogP contribution < -0.4 is 0 Å². The van der Waals surface area contributed by atoms with E-state index in [4.69, 9.17) is 0 Å². The number of halogens is 3. The van der Waals surface area contributed by atoms with Gasteiger partial charge in [-0.1, -0.05) is 15.9 Å². The van der Waals surface area contributed by atoms with Crippen LogP contribution in [0.15, 0.2) is 6.07 Å². The molecule has 17 heavy (non-hydrogen) atoms. The number of methoxy groups -OCH3 is 1. The lowest BCUT2D eigenvalue weighted by Gasteiger charge is -2.10. The van der Waals surface area contributed by atoms with Crippen LogP contribution in [0.5, 0.6) is 5.75 Å². The number of hydrogen-bond donors (Lipinski definition) is 1. The van der Waals surface area contributed by atoms with E-state index >= 15 is 0 Å². The fourth-order valence-corrected chi connectivity index (χ4v) is 1.68. The molecular formula is C10H10BrF2NO3. The van der Waals surface area contributed by atoms with Gasteiger partial charge < -0.3 is 9.84 Å². The van der Waals surface area contributed by atoms with Crippen molar-refractivity contribution in [2.75, 3.05) is 7.11 Å². The lowest BCUT2D eigenvalue weighted by atomic mass is 10.1. The molecule has 0 radical (unpaired) electrons. The van der Waals surface area contributed by atoms with Crippen LogP contribution in [0.25, 0.3) is 0 Å². The van der Waals surface area contributed by atoms with E-state index in [1.54, 1.807) is 0 Å². The number of aromatic nitrogens is 1. The average Bonchev–Trinajstić information content (AvgIpc) is 2.30. The van der Waals surface area contributed by atoms with Crippen LogP contribution in [0.4, 0.5) is 8.78 Å². The van der Waals surface area contributed by atoms with Gasteiger partial charge in [0, 0.05) is 10.9 Å². The molecule has 0 aliphatic heterocycles. The van der Waals surface area contributed by atoms with E-state index in [1.807, 2.05) is 0 Å². The predicted molar refractivity (Wildman–Crippen MR) is 59.2 cm³/mol. The Morgan fingerprint density at radius 2 is 2.24 bits per heavy atom. The van der Waals surface area contributed by atoms with Gasteiger partial charge in [-0.15, -0.1) is 0 Å². The zero-order chi connectivity index (χ0) is 13.0. The van der Waals surface area contributed by atoms with Gasteiger partial charge in [-0.3, -0.25) is 9.78 Å². The second kappa shape index (κ2) is 5.90. The van der Waals surface area contributed by atoms with Crippen molar-refractivity contribution >= 4 is 21.9 Å². The van der Waals surface area contributed by atoms with Crippen molar-refractivity contribution in [3.05, 3.63) is 23.0 Å². The van der Waals surface area contributed by atoms with Gasteiger partial charge >= 0.3 is 5.97 Å². The fraction of sp³-hybridized carbons (Fsp3) is 0.400. The number of carbonyl (C=O) groups is 1. The van der Waals surface area contributed by atoms with E-state index in [0.29, 0.717) is 0 Å². The summed E-state index contributed by atoms with van der Waals surface area (Å²) in [4.78, 5) is 14.8. The molecule has 1 aromatic rings. The summed E-state index contributed by atoms with van der Waals surface area (Å²) in [7, 11) is 1.19. The first-order chi connectivity index (χ1) is 7.99. The first-order valence-electron chi connectivity index (χ1n) is 4.62. The first kappa shape index (κ1) is 13.8. The van der Waals surface area contributed by atoms with Gasteiger partial charge in [0.2, 0.25) is 0 Å². The maximum atomic E-state index is 12.6. The molecule has 4 nitrogen and oxygen atoms in total. The molecule has 1 heterocycles. The Kier molecular flexibility index (Phi) is 4.80. The molecule has 1 aromatic heterocycles. The number of alkyl halides is 3. The molecular weight excluding hydrogens is 300 g/mol. The van der Waals surface area contributed by atoms with E-state index in [-0.39, 0.29) is 28.7 Å². The molecule has 0 fully saturated rings. The quantitative estimate of drug-likeness (QED) is 0.685. The number of carbonyl (C=O) groups excluding carboxylic acids is 1. The van der Waals surface area contributed by atoms with Gasteiger partial charge in [0.05, 0.1) is 24.9 Å². The molecule has 0 bridgehead atoms. The summed E-state index contributed by atoms with van der Waals surface area (Å²) in [6.45, 7) is 0. The van der Waals surface area contributed by atoms with Crippen molar-refractivity contribution in [1.29, 1.82) is 0 Å². The molecule has 1 N–H and O–H groups in total. The number of aromatic hydroxyl groups is 1. The third-order valence-electron chi connectivity index (χ3n) is 2.09. The van der Waals surface area contributed by atoms with Gasteiger partial charge in [-0.05, 0) is 6.07 Å². The minimum absolute atomic E-state index is 0.0238. The van der Waals surface area contributed by atoms with Gasteiger partial charge in [-0.2, -0.15) is 0 Å². The van der Waals surface area contributed by atoms with Crippen LogP contribution in [0.2, 0.25) is 0 Å². The molecule has 0 aliphatic rings. The Morgan fingerprint density at radius 1 is 1.59 bits per heavy atom. The Hall–Kier alpha value is -1.24. The highest BCUT2D eigenvalue weighted by Gasteiger charge is 2.19. The first-order valence-corrected chi connectivity index (χ1v) is 5.74. The van der Waals surface area contributed by atoms with Gasteiger partial charge in [-0.25, -0.2) is 8.78 Å². The molecule has 0 atom stereocenters. The smallest absolute Gasteiger partial charge is 0.311 e. The highest BCUT2D eigenvalue weighted by Crippen LogP contribution is 2.29. The van der Waals surface area contributed by atoms with Crippen LogP contribution in [-0.2, 0) is 21.3 Å². The summed E-state index contributed by atoms with van der Waals surface area (Å²) in [6.07, 6.45) is -2.99. The Bertz CT molecular complexity index is 426. The molecule has 0 aromatic carbocycles. The monoisotopic (exact) mass is 309 g/mol. The minimum atomic E-state index is -2.73. The highest BCUT2D eigenvalue weighted by molar-refractivity contribution is 9.08. The zero-order valence-electron chi connectivity index (χ0n) is 8.91. The summed E-state index contributed by atoms with van der Waals surface area (Å²) in [5.74, 6) is -1.03.